The number of halogens is 10. The molecule has 0 spiro atoms. The molecular weight excluding hydrogens is 517 g/mol. The van der Waals surface area contributed by atoms with Crippen LogP contribution in [-0.4, -0.2) is 6.71 Å². The molecule has 0 saturated carbocycles. The van der Waals surface area contributed by atoms with Crippen LogP contribution in [0.2, 0.25) is 0 Å². The fourth-order valence-electron chi connectivity index (χ4n) is 3.63. The highest BCUT2D eigenvalue weighted by Crippen LogP contribution is 2.23. The predicted octanol–water partition coefficient (Wildman–Crippen LogP) is 6.01. The molecule has 0 unspecified atom stereocenters. The summed E-state index contributed by atoms with van der Waals surface area (Å²) in [5.41, 5.74) is -4.59. The second-order valence-electron chi connectivity index (χ2n) is 7.49. The summed E-state index contributed by atoms with van der Waals surface area (Å²) in [7, 11) is 0. The largest absolute Gasteiger partial charge is 0.260 e. The van der Waals surface area contributed by atoms with Gasteiger partial charge in [-0.05, 0) is 23.7 Å². The Bertz CT molecular complexity index is 1420. The van der Waals surface area contributed by atoms with E-state index < -0.39 is 87.0 Å². The monoisotopic (exact) mass is 526 g/mol. The van der Waals surface area contributed by atoms with Gasteiger partial charge >= 0.3 is 0 Å². The fourth-order valence-corrected chi connectivity index (χ4v) is 3.63. The summed E-state index contributed by atoms with van der Waals surface area (Å²) < 4.78 is 143. The number of nitrogens with zero attached hydrogens (tertiary/aromatic N) is 2. The highest BCUT2D eigenvalue weighted by Gasteiger charge is 2.41. The highest BCUT2D eigenvalue weighted by molar-refractivity contribution is 6.96. The van der Waals surface area contributed by atoms with Gasteiger partial charge in [0.2, 0.25) is 0 Å². The molecule has 2 nitrogen and oxygen atoms in total. The summed E-state index contributed by atoms with van der Waals surface area (Å²) in [5.74, 6) is -25.3. The summed E-state index contributed by atoms with van der Waals surface area (Å²) in [6, 6.07) is 12.1. The van der Waals surface area contributed by atoms with E-state index in [1.54, 1.807) is 18.2 Å². The van der Waals surface area contributed by atoms with E-state index in [1.807, 2.05) is 0 Å². The van der Waals surface area contributed by atoms with Gasteiger partial charge in [0.05, 0.1) is 11.4 Å². The molecule has 0 aromatic heterocycles. The Morgan fingerprint density at radius 1 is 0.405 bits per heavy atom. The molecule has 0 aliphatic heterocycles. The van der Waals surface area contributed by atoms with E-state index in [2.05, 4.69) is 10.2 Å². The van der Waals surface area contributed by atoms with Crippen LogP contribution in [0.1, 0.15) is 0 Å². The lowest BCUT2D eigenvalue weighted by Crippen LogP contribution is -2.58. The fraction of sp³-hybridized carbons (Fsp3) is 0. The second kappa shape index (κ2) is 10.1. The molecule has 188 valence electrons. The molecule has 0 amide bonds. The van der Waals surface area contributed by atoms with Crippen LogP contribution in [0, 0.1) is 58.2 Å². The van der Waals surface area contributed by atoms with Gasteiger partial charge in [-0.15, -0.1) is 0 Å². The van der Waals surface area contributed by atoms with E-state index in [0.717, 1.165) is 18.2 Å². The smallest absolute Gasteiger partial charge is 0.204 e. The zero-order valence-electron chi connectivity index (χ0n) is 17.9. The molecule has 0 atom stereocenters. The van der Waals surface area contributed by atoms with Gasteiger partial charge in [0.1, 0.15) is 0 Å². The van der Waals surface area contributed by atoms with Crippen molar-refractivity contribution in [3.8, 4) is 0 Å². The van der Waals surface area contributed by atoms with E-state index in [0.29, 0.717) is 0 Å². The molecule has 4 aromatic carbocycles. The van der Waals surface area contributed by atoms with Crippen molar-refractivity contribution in [3.63, 3.8) is 0 Å². The minimum absolute atomic E-state index is 0.223. The first-order chi connectivity index (χ1) is 17.6. The molecule has 4 rings (SSSR count). The number of benzene rings is 4. The van der Waals surface area contributed by atoms with Crippen LogP contribution in [0.5, 0.6) is 0 Å². The maximum Gasteiger partial charge on any atom is 0.260 e. The number of hydrogen-bond acceptors (Lipinski definition) is 2. The van der Waals surface area contributed by atoms with Crippen LogP contribution in [0.4, 0.5) is 55.3 Å². The molecule has 0 N–H and O–H groups in total. The molecule has 37 heavy (non-hydrogen) atoms. The normalized spacial score (nSPS) is 11.4. The quantitative estimate of drug-likeness (QED) is 0.100. The molecular formula is C24H9BF10N2. The lowest BCUT2D eigenvalue weighted by Gasteiger charge is -2.21. The molecule has 0 fully saturated rings. The van der Waals surface area contributed by atoms with Crippen LogP contribution in [0.15, 0.2) is 64.8 Å². The Morgan fingerprint density at radius 2 is 0.784 bits per heavy atom. The minimum atomic E-state index is -2.74. The average molecular weight is 526 g/mol. The van der Waals surface area contributed by atoms with Gasteiger partial charge in [-0.2, -0.15) is 10.2 Å². The van der Waals surface area contributed by atoms with Crippen LogP contribution in [0.25, 0.3) is 0 Å². The number of azo groups is 1. The molecule has 0 bridgehead atoms. The van der Waals surface area contributed by atoms with Crippen molar-refractivity contribution in [2.75, 3.05) is 0 Å². The van der Waals surface area contributed by atoms with Crippen molar-refractivity contribution < 1.29 is 43.9 Å². The van der Waals surface area contributed by atoms with Crippen molar-refractivity contribution >= 4 is 34.5 Å². The molecule has 0 saturated heterocycles. The van der Waals surface area contributed by atoms with Crippen LogP contribution in [-0.2, 0) is 0 Å². The van der Waals surface area contributed by atoms with Gasteiger partial charge in [0.15, 0.2) is 58.2 Å². The van der Waals surface area contributed by atoms with E-state index in [9.17, 15) is 43.9 Å². The Labute approximate surface area is 202 Å². The minimum Gasteiger partial charge on any atom is -0.204 e. The van der Waals surface area contributed by atoms with Gasteiger partial charge < -0.3 is 0 Å². The maximum atomic E-state index is 14.9. The first kappa shape index (κ1) is 25.9. The molecule has 0 heterocycles. The van der Waals surface area contributed by atoms with Crippen LogP contribution < -0.4 is 16.4 Å². The summed E-state index contributed by atoms with van der Waals surface area (Å²) >= 11 is 0. The van der Waals surface area contributed by atoms with Crippen LogP contribution >= 0.6 is 0 Å². The molecule has 0 radical (unpaired) electrons. The van der Waals surface area contributed by atoms with Crippen molar-refractivity contribution in [2.24, 2.45) is 10.2 Å². The van der Waals surface area contributed by atoms with Crippen molar-refractivity contribution in [1.29, 1.82) is 0 Å². The van der Waals surface area contributed by atoms with E-state index in [4.69, 9.17) is 0 Å². The zero-order valence-corrected chi connectivity index (χ0v) is 17.9. The van der Waals surface area contributed by atoms with Gasteiger partial charge in [0.25, 0.3) is 6.71 Å². The predicted molar refractivity (Wildman–Crippen MR) is 114 cm³/mol. The maximum absolute atomic E-state index is 14.9. The first-order valence-electron chi connectivity index (χ1n) is 10.1. The number of rotatable bonds is 5. The third-order valence-electron chi connectivity index (χ3n) is 5.34. The van der Waals surface area contributed by atoms with E-state index in [-0.39, 0.29) is 5.69 Å². The standard InChI is InChI=1S/C24H9BF10N2/c26-15-13(16(27)20(31)23(34)19(15)30)25(14-17(28)21(32)24(35)22(33)18(14)29)11-8-4-5-9-12(11)37-36-10-6-2-1-3-7-10/h1-9H. The van der Waals surface area contributed by atoms with Gasteiger partial charge in [-0.25, -0.2) is 43.9 Å². The van der Waals surface area contributed by atoms with Crippen molar-refractivity contribution in [3.05, 3.63) is 113 Å². The number of hydrogen-bond donors (Lipinski definition) is 0. The van der Waals surface area contributed by atoms with Crippen molar-refractivity contribution in [2.45, 2.75) is 0 Å². The summed E-state index contributed by atoms with van der Waals surface area (Å²) in [5, 5.41) is 7.63. The second-order valence-corrected chi connectivity index (χ2v) is 7.49. The molecule has 13 heteroatoms. The molecule has 0 aliphatic rings. The summed E-state index contributed by atoms with van der Waals surface area (Å²) in [4.78, 5) is 0. The van der Waals surface area contributed by atoms with Gasteiger partial charge in [-0.1, -0.05) is 36.4 Å². The Hall–Kier alpha value is -4.16. The third kappa shape index (κ3) is 4.45. The van der Waals surface area contributed by atoms with Crippen LogP contribution in [0.3, 0.4) is 0 Å². The van der Waals surface area contributed by atoms with E-state index >= 15 is 0 Å². The molecule has 4 aromatic rings. The average Bonchev–Trinajstić information content (AvgIpc) is 2.91. The molecule has 0 aliphatic carbocycles. The van der Waals surface area contributed by atoms with Crippen molar-refractivity contribution in [1.82, 2.24) is 0 Å². The zero-order chi connectivity index (χ0) is 27.0. The Kier molecular flexibility index (Phi) is 7.06. The Balaban J connectivity index is 2.11. The lowest BCUT2D eigenvalue weighted by molar-refractivity contribution is 0.382. The Morgan fingerprint density at radius 3 is 1.24 bits per heavy atom. The summed E-state index contributed by atoms with van der Waals surface area (Å²) in [6.07, 6.45) is 0. The van der Waals surface area contributed by atoms with E-state index in [1.165, 1.54) is 18.2 Å². The third-order valence-corrected chi connectivity index (χ3v) is 5.34. The van der Waals surface area contributed by atoms with Gasteiger partial charge in [0, 0.05) is 10.9 Å². The first-order valence-corrected chi connectivity index (χ1v) is 10.1. The lowest BCUT2D eigenvalue weighted by atomic mass is 9.36. The SMILES string of the molecule is Fc1c(F)c(F)c(B(c2ccccc2N=Nc2ccccc2)c2c(F)c(F)c(F)c(F)c2F)c(F)c1F. The topological polar surface area (TPSA) is 24.7 Å². The van der Waals surface area contributed by atoms with Gasteiger partial charge in [-0.3, -0.25) is 0 Å². The highest BCUT2D eigenvalue weighted by atomic mass is 19.2. The summed E-state index contributed by atoms with van der Waals surface area (Å²) in [6.45, 7) is -2.74.